The van der Waals surface area contributed by atoms with Crippen LogP contribution < -0.4 is 11.1 Å². The van der Waals surface area contributed by atoms with Crippen molar-refractivity contribution in [3.05, 3.63) is 67.8 Å². The Bertz CT molecular complexity index is 1290. The molecule has 0 aliphatic heterocycles. The van der Waals surface area contributed by atoms with Gasteiger partial charge in [-0.25, -0.2) is 9.97 Å². The first-order valence-electron chi connectivity index (χ1n) is 9.10. The second-order valence-electron chi connectivity index (χ2n) is 6.71. The van der Waals surface area contributed by atoms with Gasteiger partial charge in [-0.2, -0.15) is 0 Å². The molecule has 0 unspecified atom stereocenters. The van der Waals surface area contributed by atoms with E-state index in [4.69, 9.17) is 4.98 Å². The van der Waals surface area contributed by atoms with E-state index in [0.29, 0.717) is 32.5 Å². The molecule has 1 aromatic carbocycles. The molecule has 0 spiro atoms. The van der Waals surface area contributed by atoms with Gasteiger partial charge in [-0.05, 0) is 32.4 Å². The van der Waals surface area contributed by atoms with Gasteiger partial charge in [0.15, 0.2) is 10.1 Å². The van der Waals surface area contributed by atoms with Crippen molar-refractivity contribution in [1.29, 1.82) is 0 Å². The largest absolute Gasteiger partial charge is 0.284 e. The number of aryl methyl sites for hydroxylation is 1. The Kier molecular flexibility index (Phi) is 5.07. The lowest BCUT2D eigenvalue weighted by molar-refractivity contribution is 0.468. The minimum absolute atomic E-state index is 0.0280. The Morgan fingerprint density at radius 2 is 2.00 bits per heavy atom. The summed E-state index contributed by atoms with van der Waals surface area (Å²) in [6.07, 6.45) is 0.827. The third-order valence-corrected chi connectivity index (χ3v) is 6.71. The van der Waals surface area contributed by atoms with Crippen LogP contribution in [0.3, 0.4) is 0 Å². The summed E-state index contributed by atoms with van der Waals surface area (Å²) < 4.78 is 3.37. The third kappa shape index (κ3) is 3.27. The molecule has 6 nitrogen and oxygen atoms in total. The molecule has 4 rings (SSSR count). The number of nitrogens with zero attached hydrogens (tertiary/aromatic N) is 4. The molecule has 144 valence electrons. The van der Waals surface area contributed by atoms with Crippen LogP contribution in [0.2, 0.25) is 0 Å². The van der Waals surface area contributed by atoms with Gasteiger partial charge in [-0.15, -0.1) is 11.3 Å². The Labute approximate surface area is 169 Å². The van der Waals surface area contributed by atoms with E-state index in [1.54, 1.807) is 15.0 Å². The molecular formula is C20H20N4O2S2. The topological polar surface area (TPSA) is 69.3 Å². The lowest BCUT2D eigenvalue weighted by atomic mass is 10.2. The molecule has 0 radical (unpaired) electrons. The summed E-state index contributed by atoms with van der Waals surface area (Å²) in [5.41, 5.74) is 2.16. The molecule has 28 heavy (non-hydrogen) atoms. The van der Waals surface area contributed by atoms with Crippen molar-refractivity contribution in [3.63, 3.8) is 0 Å². The molecule has 1 atom stereocenters. The van der Waals surface area contributed by atoms with E-state index in [-0.39, 0.29) is 17.2 Å². The van der Waals surface area contributed by atoms with Crippen LogP contribution in [0.25, 0.3) is 15.9 Å². The summed E-state index contributed by atoms with van der Waals surface area (Å²) in [5.74, 6) is 0.476. The standard InChI is InChI=1S/C20H20N4O2S2/c1-4-12(2)24-18(26)15-7-5-6-8-16(15)22-20(24)28-11-14-9-17(25)23-13(3)10-27-19(23)21-14/h5-10,12H,4,11H2,1-3H3/t12-/m1/s1. The number of fused-ring (bicyclic) bond motifs is 2. The number of para-hydroxylation sites is 1. The molecule has 3 aromatic heterocycles. The lowest BCUT2D eigenvalue weighted by Crippen LogP contribution is -2.26. The van der Waals surface area contributed by atoms with Crippen LogP contribution in [0.5, 0.6) is 0 Å². The van der Waals surface area contributed by atoms with Crippen molar-refractivity contribution in [1.82, 2.24) is 18.9 Å². The monoisotopic (exact) mass is 412 g/mol. The highest BCUT2D eigenvalue weighted by Crippen LogP contribution is 2.25. The number of rotatable bonds is 5. The fourth-order valence-electron chi connectivity index (χ4n) is 3.11. The number of hydrogen-bond acceptors (Lipinski definition) is 6. The molecule has 8 heteroatoms. The minimum atomic E-state index is -0.0786. The van der Waals surface area contributed by atoms with Gasteiger partial charge < -0.3 is 0 Å². The molecule has 0 aliphatic carbocycles. The van der Waals surface area contributed by atoms with Crippen LogP contribution in [-0.4, -0.2) is 18.9 Å². The van der Waals surface area contributed by atoms with E-state index in [1.165, 1.54) is 23.1 Å². The zero-order chi connectivity index (χ0) is 19.8. The zero-order valence-electron chi connectivity index (χ0n) is 15.9. The smallest absolute Gasteiger partial charge is 0.262 e. The van der Waals surface area contributed by atoms with E-state index in [9.17, 15) is 9.59 Å². The van der Waals surface area contributed by atoms with E-state index >= 15 is 0 Å². The van der Waals surface area contributed by atoms with E-state index in [1.807, 2.05) is 43.5 Å². The van der Waals surface area contributed by atoms with Gasteiger partial charge in [0, 0.05) is 28.9 Å². The molecule has 0 saturated carbocycles. The Balaban J connectivity index is 1.75. The summed E-state index contributed by atoms with van der Waals surface area (Å²) in [4.78, 5) is 35.4. The maximum absolute atomic E-state index is 13.0. The van der Waals surface area contributed by atoms with Gasteiger partial charge >= 0.3 is 0 Å². The number of hydrogen-bond donors (Lipinski definition) is 0. The van der Waals surface area contributed by atoms with Crippen LogP contribution in [0.15, 0.2) is 50.5 Å². The number of thioether (sulfide) groups is 1. The van der Waals surface area contributed by atoms with Gasteiger partial charge in [-0.3, -0.25) is 18.6 Å². The molecule has 0 N–H and O–H groups in total. The van der Waals surface area contributed by atoms with Crippen molar-refractivity contribution in [2.45, 2.75) is 44.1 Å². The molecule has 4 aromatic rings. The molecular weight excluding hydrogens is 392 g/mol. The quantitative estimate of drug-likeness (QED) is 0.366. The van der Waals surface area contributed by atoms with Gasteiger partial charge in [0.25, 0.3) is 11.1 Å². The third-order valence-electron chi connectivity index (χ3n) is 4.78. The molecule has 3 heterocycles. The van der Waals surface area contributed by atoms with E-state index in [0.717, 1.165) is 12.1 Å². The molecule has 0 amide bonds. The average Bonchev–Trinajstić information content (AvgIpc) is 3.07. The summed E-state index contributed by atoms with van der Waals surface area (Å²) in [5, 5.41) is 3.20. The van der Waals surface area contributed by atoms with Crippen molar-refractivity contribution < 1.29 is 0 Å². The van der Waals surface area contributed by atoms with Crippen molar-refractivity contribution in [2.75, 3.05) is 0 Å². The molecule has 0 aliphatic rings. The first-order chi connectivity index (χ1) is 13.5. The lowest BCUT2D eigenvalue weighted by Gasteiger charge is -2.18. The highest BCUT2D eigenvalue weighted by atomic mass is 32.2. The van der Waals surface area contributed by atoms with Crippen LogP contribution in [0.1, 0.15) is 37.7 Å². The van der Waals surface area contributed by atoms with Gasteiger partial charge in [0.05, 0.1) is 16.6 Å². The van der Waals surface area contributed by atoms with Gasteiger partial charge in [0.1, 0.15) is 0 Å². The zero-order valence-corrected chi connectivity index (χ0v) is 17.5. The maximum Gasteiger partial charge on any atom is 0.262 e. The summed E-state index contributed by atoms with van der Waals surface area (Å²) in [7, 11) is 0. The Morgan fingerprint density at radius 3 is 2.79 bits per heavy atom. The highest BCUT2D eigenvalue weighted by molar-refractivity contribution is 7.98. The normalized spacial score (nSPS) is 12.7. The van der Waals surface area contributed by atoms with Gasteiger partial charge in [0.2, 0.25) is 0 Å². The first-order valence-corrected chi connectivity index (χ1v) is 11.0. The van der Waals surface area contributed by atoms with Crippen LogP contribution in [0, 0.1) is 6.92 Å². The van der Waals surface area contributed by atoms with Crippen molar-refractivity contribution >= 4 is 39.0 Å². The van der Waals surface area contributed by atoms with Crippen molar-refractivity contribution in [2.24, 2.45) is 0 Å². The van der Waals surface area contributed by atoms with Crippen LogP contribution in [0.4, 0.5) is 0 Å². The second kappa shape index (κ2) is 7.52. The van der Waals surface area contributed by atoms with E-state index in [2.05, 4.69) is 11.9 Å². The predicted molar refractivity (Wildman–Crippen MR) is 115 cm³/mol. The summed E-state index contributed by atoms with van der Waals surface area (Å²) >= 11 is 2.89. The SMILES string of the molecule is CC[C@@H](C)n1c(SCc2cc(=O)n3c(C)csc3n2)nc2ccccc2c1=O. The Hall–Kier alpha value is -2.45. The fraction of sp³-hybridized carbons (Fsp3) is 0.300. The van der Waals surface area contributed by atoms with E-state index < -0.39 is 0 Å². The van der Waals surface area contributed by atoms with Crippen molar-refractivity contribution in [3.8, 4) is 0 Å². The average molecular weight is 413 g/mol. The maximum atomic E-state index is 13.0. The summed E-state index contributed by atoms with van der Waals surface area (Å²) in [6.45, 7) is 5.97. The molecule has 0 fully saturated rings. The minimum Gasteiger partial charge on any atom is -0.284 e. The number of thiazole rings is 1. The predicted octanol–water partition coefficient (Wildman–Crippen LogP) is 4.04. The Morgan fingerprint density at radius 1 is 1.21 bits per heavy atom. The fourth-order valence-corrected chi connectivity index (χ4v) is 4.99. The number of benzene rings is 1. The second-order valence-corrected chi connectivity index (χ2v) is 8.49. The van der Waals surface area contributed by atoms with Crippen LogP contribution >= 0.6 is 23.1 Å². The molecule has 0 bridgehead atoms. The first kappa shape index (κ1) is 18.9. The summed E-state index contributed by atoms with van der Waals surface area (Å²) in [6, 6.07) is 9.00. The van der Waals surface area contributed by atoms with Gasteiger partial charge in [-0.1, -0.05) is 30.8 Å². The van der Waals surface area contributed by atoms with Crippen LogP contribution in [-0.2, 0) is 5.75 Å². The number of aromatic nitrogens is 4. The molecule has 0 saturated heterocycles. The highest BCUT2D eigenvalue weighted by Gasteiger charge is 2.16.